The molecule has 2 amide bonds. The minimum absolute atomic E-state index is 0.0319. The third-order valence-corrected chi connectivity index (χ3v) is 4.83. The van der Waals surface area contributed by atoms with Crippen molar-refractivity contribution in [2.24, 2.45) is 0 Å². The van der Waals surface area contributed by atoms with Crippen LogP contribution in [0.3, 0.4) is 0 Å². The summed E-state index contributed by atoms with van der Waals surface area (Å²) >= 11 is 0. The molecule has 2 aromatic heterocycles. The number of hydrogen-bond acceptors (Lipinski definition) is 4. The highest BCUT2D eigenvalue weighted by Gasteiger charge is 2.45. The normalized spacial score (nSPS) is 20.0. The molecular formula is C18H23N5O3. The van der Waals surface area contributed by atoms with Crippen molar-refractivity contribution in [3.8, 4) is 0 Å². The van der Waals surface area contributed by atoms with Gasteiger partial charge in [0.05, 0.1) is 12.9 Å². The molecule has 0 radical (unpaired) electrons. The van der Waals surface area contributed by atoms with Gasteiger partial charge >= 0.3 is 0 Å². The van der Waals surface area contributed by atoms with Gasteiger partial charge in [-0.25, -0.2) is 4.98 Å². The van der Waals surface area contributed by atoms with E-state index in [9.17, 15) is 14.4 Å². The molecule has 8 heteroatoms. The number of hydrogen-bond donors (Lipinski definition) is 0. The van der Waals surface area contributed by atoms with Crippen LogP contribution in [0.15, 0.2) is 47.9 Å². The van der Waals surface area contributed by atoms with Gasteiger partial charge in [-0.05, 0) is 18.9 Å². The van der Waals surface area contributed by atoms with Crippen LogP contribution >= 0.6 is 0 Å². The van der Waals surface area contributed by atoms with Gasteiger partial charge in [0.15, 0.2) is 0 Å². The number of carbonyl (C=O) groups excluding carboxylic acids is 2. The number of imidazole rings is 1. The molecule has 0 spiro atoms. The predicted molar refractivity (Wildman–Crippen MR) is 95.4 cm³/mol. The van der Waals surface area contributed by atoms with Gasteiger partial charge in [-0.3, -0.25) is 14.4 Å². The molecule has 138 valence electrons. The van der Waals surface area contributed by atoms with Crippen molar-refractivity contribution in [3.05, 3.63) is 53.5 Å². The lowest BCUT2D eigenvalue weighted by Gasteiger charge is -2.43. The lowest BCUT2D eigenvalue weighted by molar-refractivity contribution is -0.146. The van der Waals surface area contributed by atoms with Crippen molar-refractivity contribution in [1.82, 2.24) is 23.9 Å². The Labute approximate surface area is 151 Å². The first-order chi connectivity index (χ1) is 12.4. The number of rotatable bonds is 4. The van der Waals surface area contributed by atoms with Gasteiger partial charge < -0.3 is 18.9 Å². The van der Waals surface area contributed by atoms with Crippen LogP contribution in [0.2, 0.25) is 0 Å². The van der Waals surface area contributed by atoms with Gasteiger partial charge in [-0.2, -0.15) is 0 Å². The van der Waals surface area contributed by atoms with Crippen molar-refractivity contribution in [2.45, 2.75) is 24.9 Å². The maximum atomic E-state index is 13.0. The van der Waals surface area contributed by atoms with Crippen LogP contribution in [-0.4, -0.2) is 62.9 Å². The fraction of sp³-hybridized carbons (Fsp3) is 0.444. The van der Waals surface area contributed by atoms with E-state index in [1.165, 1.54) is 10.6 Å². The van der Waals surface area contributed by atoms with Crippen LogP contribution in [0.25, 0.3) is 0 Å². The molecule has 1 fully saturated rings. The van der Waals surface area contributed by atoms with Crippen LogP contribution < -0.4 is 5.56 Å². The number of piperidine rings is 1. The first-order valence-corrected chi connectivity index (χ1v) is 8.57. The average molecular weight is 357 g/mol. The smallest absolute Gasteiger partial charge is 0.250 e. The van der Waals surface area contributed by atoms with Gasteiger partial charge in [0.1, 0.15) is 12.1 Å². The first-order valence-electron chi connectivity index (χ1n) is 8.57. The van der Waals surface area contributed by atoms with E-state index in [-0.39, 0.29) is 30.5 Å². The van der Waals surface area contributed by atoms with Gasteiger partial charge in [0, 0.05) is 45.3 Å². The Balaban J connectivity index is 1.86. The Bertz CT molecular complexity index is 843. The maximum absolute atomic E-state index is 13.0. The molecular weight excluding hydrogens is 334 g/mol. The summed E-state index contributed by atoms with van der Waals surface area (Å²) in [6.45, 7) is 0.800. The number of amides is 2. The molecule has 1 saturated heterocycles. The van der Waals surface area contributed by atoms with Crippen molar-refractivity contribution >= 4 is 11.8 Å². The van der Waals surface area contributed by atoms with Gasteiger partial charge in [0.25, 0.3) is 5.56 Å². The monoisotopic (exact) mass is 357 g/mol. The Hall–Kier alpha value is -2.90. The summed E-state index contributed by atoms with van der Waals surface area (Å²) in [6, 6.07) is 4.79. The van der Waals surface area contributed by atoms with Crippen LogP contribution in [0, 0.1) is 0 Å². The fourth-order valence-electron chi connectivity index (χ4n) is 3.51. The van der Waals surface area contributed by atoms with Gasteiger partial charge in [0.2, 0.25) is 11.8 Å². The molecule has 0 saturated carbocycles. The highest BCUT2D eigenvalue weighted by atomic mass is 16.2. The van der Waals surface area contributed by atoms with E-state index < -0.39 is 5.54 Å². The molecule has 1 unspecified atom stereocenters. The molecule has 3 heterocycles. The van der Waals surface area contributed by atoms with E-state index in [0.717, 1.165) is 0 Å². The number of likely N-dealkylation sites (N-methyl/N-ethyl adjacent to an activating group) is 1. The zero-order chi connectivity index (χ0) is 18.7. The summed E-state index contributed by atoms with van der Waals surface area (Å²) in [4.78, 5) is 44.9. The minimum Gasteiger partial charge on any atom is -0.347 e. The Morgan fingerprint density at radius 2 is 2.08 bits per heavy atom. The standard InChI is InChI=1S/C18H23N5O3/c1-20(2)17(26)18(23-11-8-19-14-23)7-5-10-22(13-18)16(25)12-21-9-4-3-6-15(21)24/h3-4,6,8-9,11,14H,5,7,10,12-13H2,1-2H3. The second-order valence-electron chi connectivity index (χ2n) is 6.79. The van der Waals surface area contributed by atoms with Crippen molar-refractivity contribution in [3.63, 3.8) is 0 Å². The molecule has 1 aliphatic heterocycles. The third kappa shape index (κ3) is 3.26. The molecule has 0 bridgehead atoms. The van der Waals surface area contributed by atoms with E-state index in [1.54, 1.807) is 65.5 Å². The van der Waals surface area contributed by atoms with Crippen LogP contribution in [0.1, 0.15) is 12.8 Å². The first kappa shape index (κ1) is 17.9. The second-order valence-corrected chi connectivity index (χ2v) is 6.79. The van der Waals surface area contributed by atoms with Crippen LogP contribution in [-0.2, 0) is 21.7 Å². The fourth-order valence-corrected chi connectivity index (χ4v) is 3.51. The lowest BCUT2D eigenvalue weighted by atomic mass is 9.87. The minimum atomic E-state index is -0.866. The van der Waals surface area contributed by atoms with E-state index in [4.69, 9.17) is 0 Å². The molecule has 2 aromatic rings. The summed E-state index contributed by atoms with van der Waals surface area (Å²) in [6.07, 6.45) is 7.95. The Morgan fingerprint density at radius 1 is 1.27 bits per heavy atom. The molecule has 0 aliphatic carbocycles. The quantitative estimate of drug-likeness (QED) is 0.780. The highest BCUT2D eigenvalue weighted by Crippen LogP contribution is 2.30. The summed E-state index contributed by atoms with van der Waals surface area (Å²) in [5.74, 6) is -0.237. The van der Waals surface area contributed by atoms with Crippen molar-refractivity contribution in [1.29, 1.82) is 0 Å². The van der Waals surface area contributed by atoms with Gasteiger partial charge in [-0.1, -0.05) is 6.07 Å². The number of carbonyl (C=O) groups is 2. The van der Waals surface area contributed by atoms with Crippen LogP contribution in [0.5, 0.6) is 0 Å². The summed E-state index contributed by atoms with van der Waals surface area (Å²) in [5, 5.41) is 0. The zero-order valence-corrected chi connectivity index (χ0v) is 15.0. The summed E-state index contributed by atoms with van der Waals surface area (Å²) in [5.41, 5.74) is -1.08. The Morgan fingerprint density at radius 3 is 2.73 bits per heavy atom. The number of nitrogens with zero attached hydrogens (tertiary/aromatic N) is 5. The summed E-state index contributed by atoms with van der Waals surface area (Å²) < 4.78 is 3.17. The summed E-state index contributed by atoms with van der Waals surface area (Å²) in [7, 11) is 3.43. The average Bonchev–Trinajstić information content (AvgIpc) is 3.18. The Kier molecular flexibility index (Phi) is 4.92. The largest absolute Gasteiger partial charge is 0.347 e. The van der Waals surface area contributed by atoms with Crippen molar-refractivity contribution < 1.29 is 9.59 Å². The zero-order valence-electron chi connectivity index (χ0n) is 15.0. The second kappa shape index (κ2) is 7.15. The molecule has 1 aliphatic rings. The molecule has 8 nitrogen and oxygen atoms in total. The van der Waals surface area contributed by atoms with Crippen molar-refractivity contribution in [2.75, 3.05) is 27.2 Å². The molecule has 26 heavy (non-hydrogen) atoms. The predicted octanol–water partition coefficient (Wildman–Crippen LogP) is 0.151. The molecule has 0 aromatic carbocycles. The maximum Gasteiger partial charge on any atom is 0.250 e. The van der Waals surface area contributed by atoms with E-state index in [0.29, 0.717) is 19.4 Å². The molecule has 1 atom stereocenters. The number of pyridine rings is 1. The van der Waals surface area contributed by atoms with Crippen LogP contribution in [0.4, 0.5) is 0 Å². The van der Waals surface area contributed by atoms with E-state index >= 15 is 0 Å². The van der Waals surface area contributed by atoms with E-state index in [1.807, 2.05) is 0 Å². The molecule has 3 rings (SSSR count). The van der Waals surface area contributed by atoms with Gasteiger partial charge in [-0.15, -0.1) is 0 Å². The SMILES string of the molecule is CN(C)C(=O)C1(n2ccnc2)CCCN(C(=O)Cn2ccccc2=O)C1. The highest BCUT2D eigenvalue weighted by molar-refractivity contribution is 5.86. The molecule has 0 N–H and O–H groups in total. The lowest BCUT2D eigenvalue weighted by Crippen LogP contribution is -2.59. The number of aromatic nitrogens is 3. The van der Waals surface area contributed by atoms with E-state index in [2.05, 4.69) is 4.98 Å². The number of likely N-dealkylation sites (tertiary alicyclic amines) is 1. The topological polar surface area (TPSA) is 80.4 Å². The third-order valence-electron chi connectivity index (χ3n) is 4.83.